The Morgan fingerprint density at radius 2 is 1.79 bits per heavy atom. The number of nitrogens with zero attached hydrogens (tertiary/aromatic N) is 1. The van der Waals surface area contributed by atoms with E-state index in [0.717, 1.165) is 26.2 Å². The lowest BCUT2D eigenvalue weighted by Crippen LogP contribution is -2.54. The van der Waals surface area contributed by atoms with Crippen molar-refractivity contribution in [3.05, 3.63) is 0 Å². The Hall–Kier alpha value is -0.570. The number of hydrogen-bond acceptors (Lipinski definition) is 2. The molecule has 2 heterocycles. The second-order valence-electron chi connectivity index (χ2n) is 5.04. The third kappa shape index (κ3) is 1.92. The average molecular weight is 196 g/mol. The molecule has 2 saturated heterocycles. The van der Waals surface area contributed by atoms with E-state index in [0.29, 0.717) is 17.7 Å². The van der Waals surface area contributed by atoms with Gasteiger partial charge in [-0.3, -0.25) is 4.79 Å². The van der Waals surface area contributed by atoms with Crippen LogP contribution in [0.15, 0.2) is 0 Å². The minimum absolute atomic E-state index is 0.271. The third-order valence-electron chi connectivity index (χ3n) is 3.31. The van der Waals surface area contributed by atoms with Crippen LogP contribution in [0.3, 0.4) is 0 Å². The highest BCUT2D eigenvalue weighted by Gasteiger charge is 2.32. The quantitative estimate of drug-likeness (QED) is 0.670. The second-order valence-corrected chi connectivity index (χ2v) is 5.04. The summed E-state index contributed by atoms with van der Waals surface area (Å²) in [6.07, 6.45) is 1.27. The van der Waals surface area contributed by atoms with Crippen molar-refractivity contribution in [1.29, 1.82) is 0 Å². The fourth-order valence-electron chi connectivity index (χ4n) is 2.56. The smallest absolute Gasteiger partial charge is 0.228 e. The Balaban J connectivity index is 1.92. The molecule has 0 unspecified atom stereocenters. The van der Waals surface area contributed by atoms with Crippen molar-refractivity contribution in [3.63, 3.8) is 0 Å². The van der Waals surface area contributed by atoms with E-state index in [4.69, 9.17) is 0 Å². The van der Waals surface area contributed by atoms with E-state index in [2.05, 4.69) is 24.1 Å². The zero-order chi connectivity index (χ0) is 10.1. The van der Waals surface area contributed by atoms with Crippen LogP contribution in [0.5, 0.6) is 0 Å². The molecular weight excluding hydrogens is 176 g/mol. The highest BCUT2D eigenvalue weighted by atomic mass is 16.2. The highest BCUT2D eigenvalue weighted by molar-refractivity contribution is 5.80. The summed E-state index contributed by atoms with van der Waals surface area (Å²) in [5.41, 5.74) is 0. The van der Waals surface area contributed by atoms with E-state index in [1.54, 1.807) is 0 Å². The van der Waals surface area contributed by atoms with Gasteiger partial charge >= 0.3 is 0 Å². The van der Waals surface area contributed by atoms with Gasteiger partial charge < -0.3 is 10.2 Å². The fraction of sp³-hybridized carbons (Fsp3) is 0.909. The van der Waals surface area contributed by atoms with Gasteiger partial charge in [-0.05, 0) is 18.3 Å². The lowest BCUT2D eigenvalue weighted by Gasteiger charge is -2.39. The van der Waals surface area contributed by atoms with Crippen molar-refractivity contribution in [2.75, 3.05) is 26.2 Å². The van der Waals surface area contributed by atoms with Gasteiger partial charge in [-0.1, -0.05) is 13.8 Å². The summed E-state index contributed by atoms with van der Waals surface area (Å²) in [7, 11) is 0. The largest absolute Gasteiger partial charge is 0.342 e. The van der Waals surface area contributed by atoms with Gasteiger partial charge in [0.05, 0.1) is 5.92 Å². The van der Waals surface area contributed by atoms with Crippen molar-refractivity contribution < 1.29 is 4.79 Å². The summed E-state index contributed by atoms with van der Waals surface area (Å²) in [5.74, 6) is 2.00. The molecule has 2 atom stereocenters. The van der Waals surface area contributed by atoms with Crippen LogP contribution in [0.25, 0.3) is 0 Å². The van der Waals surface area contributed by atoms with E-state index >= 15 is 0 Å². The molecule has 0 aromatic carbocycles. The molecule has 0 aromatic heterocycles. The van der Waals surface area contributed by atoms with Gasteiger partial charge in [0.2, 0.25) is 5.91 Å². The highest BCUT2D eigenvalue weighted by Crippen LogP contribution is 2.22. The van der Waals surface area contributed by atoms with Crippen LogP contribution in [0.2, 0.25) is 0 Å². The van der Waals surface area contributed by atoms with Crippen LogP contribution in [0.1, 0.15) is 20.3 Å². The van der Waals surface area contributed by atoms with E-state index in [9.17, 15) is 4.79 Å². The maximum absolute atomic E-state index is 12.0. The zero-order valence-corrected chi connectivity index (χ0v) is 9.12. The van der Waals surface area contributed by atoms with Gasteiger partial charge in [-0.2, -0.15) is 0 Å². The molecule has 0 aromatic rings. The number of rotatable bonds is 1. The molecule has 0 spiro atoms. The van der Waals surface area contributed by atoms with Gasteiger partial charge in [0.15, 0.2) is 0 Å². The molecule has 80 valence electrons. The molecule has 2 aliphatic heterocycles. The van der Waals surface area contributed by atoms with Crippen molar-refractivity contribution in [1.82, 2.24) is 10.2 Å². The Bertz CT molecular complexity index is 215. The topological polar surface area (TPSA) is 32.3 Å². The standard InChI is InChI=1S/C11H20N2O/c1-8-3-9(2)7-13(6-8)11(14)10-4-12-5-10/h8-10,12H,3-7H2,1-2H3/t8-,9-/m0/s1. The van der Waals surface area contributed by atoms with Crippen molar-refractivity contribution in [3.8, 4) is 0 Å². The predicted molar refractivity (Wildman–Crippen MR) is 55.9 cm³/mol. The number of carbonyl (C=O) groups is 1. The number of likely N-dealkylation sites (tertiary alicyclic amines) is 1. The van der Waals surface area contributed by atoms with Gasteiger partial charge in [-0.15, -0.1) is 0 Å². The molecule has 0 aliphatic carbocycles. The molecule has 3 heteroatoms. The molecular formula is C11H20N2O. The molecule has 1 N–H and O–H groups in total. The van der Waals surface area contributed by atoms with Crippen molar-refractivity contribution in [2.24, 2.45) is 17.8 Å². The molecule has 0 radical (unpaired) electrons. The summed E-state index contributed by atoms with van der Waals surface area (Å²) in [6, 6.07) is 0. The lowest BCUT2D eigenvalue weighted by atomic mass is 9.90. The number of piperidine rings is 1. The molecule has 2 aliphatic rings. The maximum Gasteiger partial charge on any atom is 0.228 e. The third-order valence-corrected chi connectivity index (χ3v) is 3.31. The van der Waals surface area contributed by atoms with Crippen molar-refractivity contribution in [2.45, 2.75) is 20.3 Å². The first-order chi connectivity index (χ1) is 6.66. The molecule has 14 heavy (non-hydrogen) atoms. The first kappa shape index (κ1) is 9.97. The predicted octanol–water partition coefficient (Wildman–Crippen LogP) is 0.710. The monoisotopic (exact) mass is 196 g/mol. The molecule has 3 nitrogen and oxygen atoms in total. The van der Waals surface area contributed by atoms with Crippen LogP contribution in [-0.2, 0) is 4.79 Å². The summed E-state index contributed by atoms with van der Waals surface area (Å²) < 4.78 is 0. The van der Waals surface area contributed by atoms with Crippen molar-refractivity contribution >= 4 is 5.91 Å². The second kappa shape index (κ2) is 3.89. The van der Waals surface area contributed by atoms with Crippen LogP contribution >= 0.6 is 0 Å². The normalized spacial score (nSPS) is 34.0. The number of nitrogens with one attached hydrogen (secondary N) is 1. The van der Waals surface area contributed by atoms with E-state index in [1.807, 2.05) is 0 Å². The first-order valence-corrected chi connectivity index (χ1v) is 5.66. The van der Waals surface area contributed by atoms with Crippen LogP contribution in [0, 0.1) is 17.8 Å². The fourth-order valence-corrected chi connectivity index (χ4v) is 2.56. The van der Waals surface area contributed by atoms with Gasteiger partial charge in [0.1, 0.15) is 0 Å². The minimum atomic E-state index is 0.271. The zero-order valence-electron chi connectivity index (χ0n) is 9.12. The lowest BCUT2D eigenvalue weighted by molar-refractivity contribution is -0.139. The van der Waals surface area contributed by atoms with E-state index in [1.165, 1.54) is 6.42 Å². The van der Waals surface area contributed by atoms with Crippen LogP contribution in [0.4, 0.5) is 0 Å². The molecule has 2 rings (SSSR count). The number of amides is 1. The van der Waals surface area contributed by atoms with Crippen LogP contribution < -0.4 is 5.32 Å². The number of hydrogen-bond donors (Lipinski definition) is 1. The Kier molecular flexibility index (Phi) is 2.77. The maximum atomic E-state index is 12.0. The minimum Gasteiger partial charge on any atom is -0.342 e. The summed E-state index contributed by atoms with van der Waals surface area (Å²) in [4.78, 5) is 14.0. The molecule has 0 saturated carbocycles. The van der Waals surface area contributed by atoms with E-state index < -0.39 is 0 Å². The Morgan fingerprint density at radius 3 is 2.21 bits per heavy atom. The van der Waals surface area contributed by atoms with Gasteiger partial charge in [0, 0.05) is 26.2 Å². The molecule has 0 bridgehead atoms. The molecule has 2 fully saturated rings. The van der Waals surface area contributed by atoms with Gasteiger partial charge in [-0.25, -0.2) is 0 Å². The summed E-state index contributed by atoms with van der Waals surface area (Å²) in [6.45, 7) is 8.21. The first-order valence-electron chi connectivity index (χ1n) is 5.66. The SMILES string of the molecule is C[C@H]1C[C@H](C)CN(C(=O)C2CNC2)C1. The van der Waals surface area contributed by atoms with Gasteiger partial charge in [0.25, 0.3) is 0 Å². The summed E-state index contributed by atoms with van der Waals surface area (Å²) in [5, 5.41) is 3.16. The Morgan fingerprint density at radius 1 is 1.21 bits per heavy atom. The Labute approximate surface area is 85.8 Å². The number of carbonyl (C=O) groups excluding carboxylic acids is 1. The van der Waals surface area contributed by atoms with Crippen LogP contribution in [-0.4, -0.2) is 37.0 Å². The average Bonchev–Trinajstić information content (AvgIpc) is 1.98. The summed E-state index contributed by atoms with van der Waals surface area (Å²) >= 11 is 0. The van der Waals surface area contributed by atoms with E-state index in [-0.39, 0.29) is 5.92 Å². The molecule has 1 amide bonds.